The first kappa shape index (κ1) is 60.9. The van der Waals surface area contributed by atoms with Crippen molar-refractivity contribution in [1.82, 2.24) is 51.4 Å². The van der Waals surface area contributed by atoms with Gasteiger partial charge in [0, 0.05) is 62.8 Å². The van der Waals surface area contributed by atoms with E-state index in [2.05, 4.69) is 51.8 Å². The lowest BCUT2D eigenvalue weighted by Gasteiger charge is -2.27. The van der Waals surface area contributed by atoms with Crippen molar-refractivity contribution in [2.24, 2.45) is 0 Å². The highest BCUT2D eigenvalue weighted by Crippen LogP contribution is 2.32. The van der Waals surface area contributed by atoms with Crippen molar-refractivity contribution in [3.05, 3.63) is 71.0 Å². The zero-order chi connectivity index (χ0) is 58.8. The Morgan fingerprint density at radius 3 is 1.98 bits per heavy atom. The summed E-state index contributed by atoms with van der Waals surface area (Å²) in [7, 11) is 3.97. The molecular weight excluding hydrogens is 1060 g/mol. The normalized spacial score (nSPS) is 14.9. The van der Waals surface area contributed by atoms with Crippen LogP contribution in [0.15, 0.2) is 48.7 Å². The number of amides is 8. The molecule has 28 nitrogen and oxygen atoms in total. The number of nitrogen functional groups attached to an aromatic ring is 2. The fourth-order valence-electron chi connectivity index (χ4n) is 9.06. The van der Waals surface area contributed by atoms with Crippen LogP contribution in [-0.2, 0) is 54.4 Å². The predicted molar refractivity (Wildman–Crippen MR) is 289 cm³/mol. The Hall–Kier alpha value is -9.37. The molecule has 432 valence electrons. The number of fused-ring (bicyclic) bond motifs is 2. The number of hydrogen-bond acceptors (Lipinski definition) is 21. The lowest BCUT2D eigenvalue weighted by molar-refractivity contribution is -0.146. The highest BCUT2D eigenvalue weighted by molar-refractivity contribution is 6.25. The molecule has 2 aliphatic rings. The smallest absolute Gasteiger partial charge is 0.328 e. The minimum Gasteiger partial charge on any atom is -0.480 e. The molecule has 0 bridgehead atoms. The first-order chi connectivity index (χ1) is 38.8. The summed E-state index contributed by atoms with van der Waals surface area (Å²) in [5, 5.41) is 25.5. The first-order valence-corrected chi connectivity index (χ1v) is 26.3. The number of nitrogens with two attached hydrogens (primary N) is 2. The van der Waals surface area contributed by atoms with Gasteiger partial charge in [0.15, 0.2) is 17.0 Å². The predicted octanol–water partition coefficient (Wildman–Crippen LogP) is 1.03. The number of carbonyl (C=O) groups is 11. The van der Waals surface area contributed by atoms with Gasteiger partial charge in [-0.3, -0.25) is 48.6 Å². The molecule has 11 N–H and O–H groups in total. The second-order valence-corrected chi connectivity index (χ2v) is 19.2. The lowest BCUT2D eigenvalue weighted by Crippen LogP contribution is -2.54. The summed E-state index contributed by atoms with van der Waals surface area (Å²) < 4.78 is 9.63. The molecule has 0 saturated carbocycles. The molecule has 6 rings (SSSR count). The zero-order valence-electron chi connectivity index (χ0n) is 45.0. The van der Waals surface area contributed by atoms with Gasteiger partial charge >= 0.3 is 17.9 Å². The number of ether oxygens (including phenoxy) is 2. The molecule has 8 amide bonds. The molecule has 4 heterocycles. The number of methoxy groups -OCH3 is 2. The number of carboxylic acid groups (broad SMARTS) is 1. The molecule has 1 fully saturated rings. The molecular formula is C53H66N14O14. The van der Waals surface area contributed by atoms with Crippen LogP contribution in [0.3, 0.4) is 0 Å². The quantitative estimate of drug-likeness (QED) is 0.0200. The van der Waals surface area contributed by atoms with Gasteiger partial charge in [0.2, 0.25) is 35.5 Å². The number of piperidine rings is 1. The van der Waals surface area contributed by atoms with Crippen molar-refractivity contribution >= 4 is 99.5 Å². The number of rotatable bonds is 30. The highest BCUT2D eigenvalue weighted by Gasteiger charge is 2.45. The number of esters is 2. The van der Waals surface area contributed by atoms with E-state index in [0.29, 0.717) is 42.1 Å². The van der Waals surface area contributed by atoms with Crippen LogP contribution in [0.4, 0.5) is 23.1 Å². The molecule has 4 atom stereocenters. The average Bonchev–Trinajstić information content (AvgIpc) is 3.29. The summed E-state index contributed by atoms with van der Waals surface area (Å²) in [5.74, 6) is -7.87. The van der Waals surface area contributed by atoms with E-state index < -0.39 is 89.8 Å². The van der Waals surface area contributed by atoms with E-state index in [1.165, 1.54) is 24.4 Å². The van der Waals surface area contributed by atoms with Gasteiger partial charge in [-0.2, -0.15) is 9.97 Å². The van der Waals surface area contributed by atoms with Gasteiger partial charge in [0.05, 0.1) is 43.8 Å². The molecule has 2 aliphatic heterocycles. The second kappa shape index (κ2) is 29.0. The second-order valence-electron chi connectivity index (χ2n) is 19.2. The molecule has 2 aromatic carbocycles. The molecule has 81 heavy (non-hydrogen) atoms. The maximum atomic E-state index is 13.3. The maximum absolute atomic E-state index is 13.3. The summed E-state index contributed by atoms with van der Waals surface area (Å²) in [5.41, 5.74) is 14.4. The van der Waals surface area contributed by atoms with Gasteiger partial charge in [-0.05, 0) is 74.9 Å². The molecule has 4 aromatic rings. The number of imide groups is 2. The SMILES string of the molecule is COC(=O)C(CCC(=O)NCCCCCCCCNc1cccc2c1C(=O)N(C1CCC(=O)NC1=O)C2=O)NC(=O)CCC(NC(=O)CCC(NC(=O)c1ccc(N(C)Cc2cnc3nc(N)nc(N)c3n2)cc1)C(=O)O)C(=O)OC. The van der Waals surface area contributed by atoms with Crippen molar-refractivity contribution in [3.8, 4) is 0 Å². The molecule has 0 aliphatic carbocycles. The number of nitrogens with zero attached hydrogens (tertiary/aromatic N) is 6. The van der Waals surface area contributed by atoms with E-state index in [1.54, 1.807) is 31.3 Å². The van der Waals surface area contributed by atoms with Crippen LogP contribution in [0, 0.1) is 0 Å². The number of aliphatic carboxylic acids is 1. The molecule has 0 radical (unpaired) electrons. The molecule has 28 heteroatoms. The van der Waals surface area contributed by atoms with Crippen molar-refractivity contribution in [2.45, 2.75) is 121 Å². The van der Waals surface area contributed by atoms with Gasteiger partial charge in [-0.1, -0.05) is 31.7 Å². The highest BCUT2D eigenvalue weighted by atomic mass is 16.5. The van der Waals surface area contributed by atoms with Crippen LogP contribution < -0.4 is 48.3 Å². The van der Waals surface area contributed by atoms with Gasteiger partial charge < -0.3 is 57.5 Å². The largest absolute Gasteiger partial charge is 0.480 e. The average molecular weight is 1120 g/mol. The number of carboxylic acids is 1. The fraction of sp³-hybridized carbons (Fsp3) is 0.453. The van der Waals surface area contributed by atoms with Crippen molar-refractivity contribution in [1.29, 1.82) is 0 Å². The van der Waals surface area contributed by atoms with E-state index in [1.807, 2.05) is 4.90 Å². The Labute approximate surface area is 464 Å². The van der Waals surface area contributed by atoms with Crippen LogP contribution in [0.2, 0.25) is 0 Å². The standard InChI is InChI=1S/C53H66N14O14/c1-66(28-30-27-58-45-43(59-30)44(54)64-53(55)65-45)31-15-13-29(14-16-31)46(72)62-34(50(76)77)17-22-39(69)61-36(52(79)81-3)19-23-40(70)60-35(51(78)80-2)18-21-38(68)57-26-9-7-5-4-6-8-25-56-33-12-10-11-32-42(33)49(75)67(48(32)74)37-20-24-41(71)63-47(37)73/h10-16,27,34-37,56H,4-9,17-26,28H2,1-3H3,(H,57,68)(H,60,70)(H,61,69)(H,62,72)(H,76,77)(H,63,71,73)(H4,54,55,58,64,65). The van der Waals surface area contributed by atoms with E-state index in [9.17, 15) is 57.8 Å². The number of unbranched alkanes of at least 4 members (excludes halogenated alkanes) is 5. The third-order valence-electron chi connectivity index (χ3n) is 13.4. The summed E-state index contributed by atoms with van der Waals surface area (Å²) in [6.45, 7) is 1.21. The Morgan fingerprint density at radius 1 is 0.753 bits per heavy atom. The lowest BCUT2D eigenvalue weighted by atomic mass is 10.0. The van der Waals surface area contributed by atoms with Crippen LogP contribution in [-0.4, -0.2) is 154 Å². The maximum Gasteiger partial charge on any atom is 0.328 e. The van der Waals surface area contributed by atoms with Crippen molar-refractivity contribution in [3.63, 3.8) is 0 Å². The molecule has 1 saturated heterocycles. The van der Waals surface area contributed by atoms with Crippen LogP contribution in [0.5, 0.6) is 0 Å². The fourth-order valence-corrected chi connectivity index (χ4v) is 9.06. The van der Waals surface area contributed by atoms with E-state index in [4.69, 9.17) is 20.9 Å². The number of benzene rings is 2. The summed E-state index contributed by atoms with van der Waals surface area (Å²) in [4.78, 5) is 159. The van der Waals surface area contributed by atoms with Crippen LogP contribution in [0.1, 0.15) is 127 Å². The van der Waals surface area contributed by atoms with Crippen LogP contribution in [0.25, 0.3) is 11.2 Å². The summed E-state index contributed by atoms with van der Waals surface area (Å²) in [6.07, 6.45) is 4.92. The van der Waals surface area contributed by atoms with Crippen LogP contribution >= 0.6 is 0 Å². The number of nitrogens with one attached hydrogen (secondary N) is 6. The van der Waals surface area contributed by atoms with Gasteiger partial charge in [-0.15, -0.1) is 0 Å². The summed E-state index contributed by atoms with van der Waals surface area (Å²) >= 11 is 0. The number of aromatic nitrogens is 4. The van der Waals surface area contributed by atoms with E-state index >= 15 is 0 Å². The molecule has 4 unspecified atom stereocenters. The minimum absolute atomic E-state index is 0.0289. The minimum atomic E-state index is -1.50. The van der Waals surface area contributed by atoms with Gasteiger partial charge in [0.25, 0.3) is 17.7 Å². The first-order valence-electron chi connectivity index (χ1n) is 26.3. The Bertz CT molecular complexity index is 3030. The zero-order valence-corrected chi connectivity index (χ0v) is 45.0. The Kier molecular flexibility index (Phi) is 21.8. The van der Waals surface area contributed by atoms with Crippen molar-refractivity contribution in [2.75, 3.05) is 56.0 Å². The van der Waals surface area contributed by atoms with E-state index in [-0.39, 0.29) is 91.5 Å². The monoisotopic (exact) mass is 1120 g/mol. The number of hydrogen-bond donors (Lipinski definition) is 9. The van der Waals surface area contributed by atoms with E-state index in [0.717, 1.165) is 51.2 Å². The van der Waals surface area contributed by atoms with Gasteiger partial charge in [0.1, 0.15) is 24.2 Å². The number of anilines is 4. The topological polar surface area (TPSA) is 409 Å². The summed E-state index contributed by atoms with van der Waals surface area (Å²) in [6, 6.07) is 6.09. The number of carbonyl (C=O) groups excluding carboxylic acids is 10. The molecule has 0 spiro atoms. The Morgan fingerprint density at radius 2 is 1.36 bits per heavy atom. The third-order valence-corrected chi connectivity index (χ3v) is 13.4. The van der Waals surface area contributed by atoms with Crippen molar-refractivity contribution < 1.29 is 67.3 Å². The third kappa shape index (κ3) is 16.8. The Balaban J connectivity index is 0.847. The van der Waals surface area contributed by atoms with Gasteiger partial charge in [-0.25, -0.2) is 24.4 Å². The molecule has 2 aromatic heterocycles.